The van der Waals surface area contributed by atoms with Crippen LogP contribution in [0.3, 0.4) is 0 Å². The van der Waals surface area contributed by atoms with Crippen molar-refractivity contribution in [2.75, 3.05) is 0 Å². The summed E-state index contributed by atoms with van der Waals surface area (Å²) in [5.74, 6) is -1.56. The molecule has 0 aliphatic carbocycles. The molecule has 0 aliphatic heterocycles. The molecule has 1 atom stereocenters. The van der Waals surface area contributed by atoms with Crippen molar-refractivity contribution < 1.29 is 13.9 Å². The summed E-state index contributed by atoms with van der Waals surface area (Å²) in [7, 11) is 0. The lowest BCUT2D eigenvalue weighted by atomic mass is 9.92. The normalized spacial score (nSPS) is 13.5. The highest BCUT2D eigenvalue weighted by Gasteiger charge is 2.34. The molecular formula is C23H18Cl2F2N4O. The van der Waals surface area contributed by atoms with E-state index in [0.717, 1.165) is 17.7 Å². The Morgan fingerprint density at radius 2 is 1.81 bits per heavy atom. The molecule has 0 amide bonds. The highest BCUT2D eigenvalue weighted by molar-refractivity contribution is 6.37. The van der Waals surface area contributed by atoms with E-state index in [1.165, 1.54) is 23.4 Å². The minimum Gasteiger partial charge on any atom is -0.381 e. The molecule has 164 valence electrons. The van der Waals surface area contributed by atoms with Crippen molar-refractivity contribution in [1.82, 2.24) is 19.3 Å². The summed E-state index contributed by atoms with van der Waals surface area (Å²) in [5.41, 5.74) is -0.233. The zero-order chi connectivity index (χ0) is 22.7. The van der Waals surface area contributed by atoms with Gasteiger partial charge in [-0.1, -0.05) is 47.5 Å². The largest absolute Gasteiger partial charge is 0.381 e. The number of aliphatic hydroxyl groups is 1. The molecule has 2 aromatic carbocycles. The molecule has 0 saturated heterocycles. The van der Waals surface area contributed by atoms with Crippen molar-refractivity contribution in [3.8, 4) is 0 Å². The second kappa shape index (κ2) is 9.24. The molecule has 9 heteroatoms. The fourth-order valence-electron chi connectivity index (χ4n) is 3.48. The molecule has 0 spiro atoms. The Hall–Kier alpha value is -3.00. The summed E-state index contributed by atoms with van der Waals surface area (Å²) < 4.78 is 31.1. The van der Waals surface area contributed by atoms with Crippen LogP contribution >= 0.6 is 23.2 Å². The van der Waals surface area contributed by atoms with E-state index in [9.17, 15) is 13.9 Å². The number of halogens is 4. The molecule has 1 unspecified atom stereocenters. The van der Waals surface area contributed by atoms with E-state index >= 15 is 0 Å². The summed E-state index contributed by atoms with van der Waals surface area (Å²) in [4.78, 5) is 3.86. The zero-order valence-corrected chi connectivity index (χ0v) is 18.2. The van der Waals surface area contributed by atoms with E-state index in [1.54, 1.807) is 41.2 Å². The second-order valence-corrected chi connectivity index (χ2v) is 8.15. The fraction of sp³-hybridized carbons (Fsp3) is 0.130. The van der Waals surface area contributed by atoms with E-state index < -0.39 is 17.2 Å². The van der Waals surface area contributed by atoms with Crippen LogP contribution in [0.4, 0.5) is 8.78 Å². The minimum atomic E-state index is -1.71. The standard InChI is InChI=1S/C23H18Cl2F2N4O/c24-20-2-1-3-21(25)18(20)6-4-16-8-9-30(11-16)12-23(32,13-31-15-28-14-29-31)19-7-5-17(26)10-22(19)27/h1-11,14-15,32H,12-13H2. The molecule has 0 saturated carbocycles. The third-order valence-corrected chi connectivity index (χ3v) is 5.64. The van der Waals surface area contributed by atoms with Gasteiger partial charge >= 0.3 is 0 Å². The second-order valence-electron chi connectivity index (χ2n) is 7.33. The molecule has 2 heterocycles. The molecule has 4 aromatic rings. The Labute approximate surface area is 193 Å². The summed E-state index contributed by atoms with van der Waals surface area (Å²) in [6.07, 6.45) is 9.91. The first kappa shape index (κ1) is 22.2. The van der Waals surface area contributed by atoms with Crippen LogP contribution in [0.15, 0.2) is 67.5 Å². The zero-order valence-electron chi connectivity index (χ0n) is 16.7. The molecule has 0 fully saturated rings. The Balaban J connectivity index is 1.62. The maximum absolute atomic E-state index is 14.6. The van der Waals surface area contributed by atoms with Gasteiger partial charge in [-0.25, -0.2) is 18.4 Å². The summed E-state index contributed by atoms with van der Waals surface area (Å²) in [6.45, 7) is -0.0791. The van der Waals surface area contributed by atoms with Crippen LogP contribution in [0, 0.1) is 11.6 Å². The third-order valence-electron chi connectivity index (χ3n) is 4.98. The SMILES string of the molecule is OC(Cn1ccc(C=Cc2c(Cl)cccc2Cl)c1)(Cn1cncn1)c1ccc(F)cc1F. The first-order valence-corrected chi connectivity index (χ1v) is 10.4. The number of hydrogen-bond acceptors (Lipinski definition) is 3. The molecule has 1 N–H and O–H groups in total. The van der Waals surface area contributed by atoms with Crippen molar-refractivity contribution in [2.24, 2.45) is 0 Å². The Kier molecular flexibility index (Phi) is 6.41. The summed E-state index contributed by atoms with van der Waals surface area (Å²) in [6, 6.07) is 10.2. The fourth-order valence-corrected chi connectivity index (χ4v) is 4.00. The maximum Gasteiger partial charge on any atom is 0.137 e. The van der Waals surface area contributed by atoms with Crippen molar-refractivity contribution in [3.05, 3.63) is 106 Å². The Morgan fingerprint density at radius 3 is 2.50 bits per heavy atom. The lowest BCUT2D eigenvalue weighted by molar-refractivity contribution is -0.00534. The number of benzene rings is 2. The first-order chi connectivity index (χ1) is 15.3. The third kappa shape index (κ3) is 4.91. The van der Waals surface area contributed by atoms with Gasteiger partial charge in [0.1, 0.15) is 29.9 Å². The molecule has 0 bridgehead atoms. The monoisotopic (exact) mass is 474 g/mol. The van der Waals surface area contributed by atoms with Gasteiger partial charge in [-0.15, -0.1) is 0 Å². The Morgan fingerprint density at radius 1 is 1.03 bits per heavy atom. The smallest absolute Gasteiger partial charge is 0.137 e. The quantitative estimate of drug-likeness (QED) is 0.388. The average molecular weight is 475 g/mol. The van der Waals surface area contributed by atoms with Gasteiger partial charge in [-0.2, -0.15) is 5.10 Å². The molecule has 5 nitrogen and oxygen atoms in total. The van der Waals surface area contributed by atoms with Gasteiger partial charge in [0.25, 0.3) is 0 Å². The van der Waals surface area contributed by atoms with Crippen LogP contribution in [-0.4, -0.2) is 24.4 Å². The van der Waals surface area contributed by atoms with Crippen LogP contribution in [0.25, 0.3) is 12.2 Å². The lowest BCUT2D eigenvalue weighted by Crippen LogP contribution is -2.37. The average Bonchev–Trinajstić information content (AvgIpc) is 3.39. The maximum atomic E-state index is 14.6. The van der Waals surface area contributed by atoms with Crippen molar-refractivity contribution in [2.45, 2.75) is 18.7 Å². The number of hydrogen-bond donors (Lipinski definition) is 1. The van der Waals surface area contributed by atoms with Crippen LogP contribution in [0.1, 0.15) is 16.7 Å². The van der Waals surface area contributed by atoms with E-state index in [4.69, 9.17) is 23.2 Å². The van der Waals surface area contributed by atoms with Gasteiger partial charge < -0.3 is 9.67 Å². The van der Waals surface area contributed by atoms with Crippen LogP contribution < -0.4 is 0 Å². The van der Waals surface area contributed by atoms with Gasteiger partial charge in [0, 0.05) is 39.6 Å². The van der Waals surface area contributed by atoms with Crippen LogP contribution in [0.5, 0.6) is 0 Å². The van der Waals surface area contributed by atoms with E-state index in [1.807, 2.05) is 12.1 Å². The highest BCUT2D eigenvalue weighted by Crippen LogP contribution is 2.29. The van der Waals surface area contributed by atoms with E-state index in [2.05, 4.69) is 10.1 Å². The predicted molar refractivity (Wildman–Crippen MR) is 120 cm³/mol. The molecule has 4 rings (SSSR count). The van der Waals surface area contributed by atoms with E-state index in [0.29, 0.717) is 15.6 Å². The molecule has 2 aromatic heterocycles. The number of nitrogens with zero attached hydrogens (tertiary/aromatic N) is 4. The van der Waals surface area contributed by atoms with Gasteiger partial charge in [0.15, 0.2) is 0 Å². The van der Waals surface area contributed by atoms with Gasteiger partial charge in [0.2, 0.25) is 0 Å². The first-order valence-electron chi connectivity index (χ1n) is 9.62. The number of rotatable bonds is 7. The van der Waals surface area contributed by atoms with E-state index in [-0.39, 0.29) is 18.7 Å². The van der Waals surface area contributed by atoms with Crippen molar-refractivity contribution in [1.29, 1.82) is 0 Å². The highest BCUT2D eigenvalue weighted by atomic mass is 35.5. The van der Waals surface area contributed by atoms with Gasteiger partial charge in [0.05, 0.1) is 13.1 Å². The molecule has 0 radical (unpaired) electrons. The van der Waals surface area contributed by atoms with Crippen LogP contribution in [0.2, 0.25) is 10.0 Å². The molecular weight excluding hydrogens is 457 g/mol. The topological polar surface area (TPSA) is 55.9 Å². The van der Waals surface area contributed by atoms with Crippen molar-refractivity contribution >= 4 is 35.4 Å². The lowest BCUT2D eigenvalue weighted by Gasteiger charge is -2.29. The Bertz CT molecular complexity index is 1240. The van der Waals surface area contributed by atoms with Gasteiger partial charge in [-0.05, 0) is 29.8 Å². The summed E-state index contributed by atoms with van der Waals surface area (Å²) in [5, 5.41) is 16.5. The van der Waals surface area contributed by atoms with Crippen LogP contribution in [-0.2, 0) is 18.7 Å². The number of aromatic nitrogens is 4. The molecule has 32 heavy (non-hydrogen) atoms. The summed E-state index contributed by atoms with van der Waals surface area (Å²) >= 11 is 12.4. The molecule has 0 aliphatic rings. The van der Waals surface area contributed by atoms with Gasteiger partial charge in [-0.3, -0.25) is 0 Å². The van der Waals surface area contributed by atoms with Crippen molar-refractivity contribution in [3.63, 3.8) is 0 Å². The minimum absolute atomic E-state index is 0.00387. The predicted octanol–water partition coefficient (Wildman–Crippen LogP) is 5.42.